The number of carbonyl (C=O) groups is 3. The number of nitrogens with two attached hydrogens (primary N) is 1. The number of aromatic carboxylic acids is 2. The van der Waals surface area contributed by atoms with Crippen molar-refractivity contribution < 1.29 is 39.9 Å². The fraction of sp³-hybridized carbons (Fsp3) is 0.167. The van der Waals surface area contributed by atoms with E-state index < -0.39 is 17.9 Å². The number of benzene rings is 2. The Morgan fingerprint density at radius 2 is 1.18 bits per heavy atom. The van der Waals surface area contributed by atoms with Gasteiger partial charge in [-0.25, -0.2) is 0 Å². The van der Waals surface area contributed by atoms with Gasteiger partial charge < -0.3 is 40.9 Å². The molecule has 2 aromatic carbocycles. The van der Waals surface area contributed by atoms with E-state index in [0.29, 0.717) is 13.0 Å². The third-order valence-corrected chi connectivity index (χ3v) is 2.84. The molecule has 0 atom stereocenters. The Labute approximate surface area is 191 Å². The predicted molar refractivity (Wildman–Crippen MR) is 96.6 cm³/mol. The van der Waals surface area contributed by atoms with E-state index in [2.05, 4.69) is 0 Å². The fourth-order valence-corrected chi connectivity index (χ4v) is 1.55. The molecular formula is C18H19CaNO8. The zero-order valence-corrected chi connectivity index (χ0v) is 17.1. The monoisotopic (exact) mass is 417 g/mol. The van der Waals surface area contributed by atoms with Crippen molar-refractivity contribution in [3.05, 3.63) is 59.7 Å². The summed E-state index contributed by atoms with van der Waals surface area (Å²) in [4.78, 5) is 30.0. The summed E-state index contributed by atoms with van der Waals surface area (Å²) >= 11 is 0. The zero-order chi connectivity index (χ0) is 20.8. The van der Waals surface area contributed by atoms with E-state index in [1.807, 2.05) is 0 Å². The van der Waals surface area contributed by atoms with Crippen molar-refractivity contribution in [2.24, 2.45) is 5.73 Å². The third kappa shape index (κ3) is 12.1. The van der Waals surface area contributed by atoms with Crippen LogP contribution in [0.1, 0.15) is 33.6 Å². The van der Waals surface area contributed by atoms with Crippen LogP contribution in [0.3, 0.4) is 0 Å². The van der Waals surface area contributed by atoms with Gasteiger partial charge in [-0.2, -0.15) is 0 Å². The Balaban J connectivity index is 0. The molecule has 5 N–H and O–H groups in total. The van der Waals surface area contributed by atoms with E-state index in [0.717, 1.165) is 0 Å². The molecule has 0 aliphatic carbocycles. The number of hydrogen-bond donors (Lipinski definition) is 4. The average Bonchev–Trinajstić information content (AvgIpc) is 2.61. The molecule has 0 amide bonds. The van der Waals surface area contributed by atoms with E-state index in [1.165, 1.54) is 36.4 Å². The Kier molecular flexibility index (Phi) is 15.6. The van der Waals surface area contributed by atoms with Gasteiger partial charge in [0, 0.05) is 17.5 Å². The van der Waals surface area contributed by atoms with Crippen molar-refractivity contribution >= 4 is 55.6 Å². The van der Waals surface area contributed by atoms with Crippen LogP contribution in [0, 0.1) is 0 Å². The van der Waals surface area contributed by atoms with E-state index in [4.69, 9.17) is 21.1 Å². The van der Waals surface area contributed by atoms with Crippen molar-refractivity contribution in [2.75, 3.05) is 6.54 Å². The molecule has 0 bridgehead atoms. The second kappa shape index (κ2) is 15.7. The maximum absolute atomic E-state index is 10.2. The Hall–Kier alpha value is -2.33. The molecule has 0 spiro atoms. The van der Waals surface area contributed by atoms with E-state index in [9.17, 15) is 24.6 Å². The molecule has 28 heavy (non-hydrogen) atoms. The molecule has 0 unspecified atom stereocenters. The summed E-state index contributed by atoms with van der Waals surface area (Å²) in [7, 11) is 0. The van der Waals surface area contributed by atoms with E-state index >= 15 is 0 Å². The third-order valence-electron chi connectivity index (χ3n) is 2.84. The first-order chi connectivity index (χ1) is 12.7. The molecule has 9 nitrogen and oxygen atoms in total. The molecule has 2 rings (SSSR count). The first-order valence-electron chi connectivity index (χ1n) is 7.61. The van der Waals surface area contributed by atoms with Gasteiger partial charge in [-0.15, -0.1) is 0 Å². The number of carboxylic acids is 3. The molecule has 0 saturated heterocycles. The topological polar surface area (TPSA) is 184 Å². The summed E-state index contributed by atoms with van der Waals surface area (Å²) in [6, 6.07) is 11.3. The standard InChI is InChI=1S/2C7H6O3.C4H9NO2.Ca/c2*8-6-4-2-1-3-5(6)7(9)10;5-3-1-2-4(6)7;/h2*1-4,8H,(H,9,10);1-3,5H2,(H,6,7);/q;;;+2/p-2. The van der Waals surface area contributed by atoms with Gasteiger partial charge in [0.15, 0.2) is 0 Å². The molecule has 0 saturated carbocycles. The van der Waals surface area contributed by atoms with Crippen LogP contribution < -0.4 is 15.9 Å². The minimum absolute atomic E-state index is 0. The van der Waals surface area contributed by atoms with Crippen LogP contribution in [0.5, 0.6) is 11.5 Å². The maximum Gasteiger partial charge on any atom is 2.00 e. The Bertz CT molecular complexity index is 711. The molecule has 0 aliphatic heterocycles. The molecule has 2 aromatic rings. The van der Waals surface area contributed by atoms with Crippen molar-refractivity contribution in [1.29, 1.82) is 0 Å². The summed E-state index contributed by atoms with van der Waals surface area (Å²) < 4.78 is 0. The number of aliphatic carboxylic acids is 1. The summed E-state index contributed by atoms with van der Waals surface area (Å²) in [5.74, 6) is -4.02. The van der Waals surface area contributed by atoms with Crippen molar-refractivity contribution in [3.63, 3.8) is 0 Å². The van der Waals surface area contributed by atoms with Gasteiger partial charge in [0.05, 0.1) is 11.9 Å². The van der Waals surface area contributed by atoms with Gasteiger partial charge in [0.1, 0.15) is 11.5 Å². The largest absolute Gasteiger partial charge is 2.00 e. The number of carboxylic acid groups (broad SMARTS) is 3. The first kappa shape index (κ1) is 27.9. The van der Waals surface area contributed by atoms with Gasteiger partial charge in [-0.1, -0.05) is 24.3 Å². The smallest absolute Gasteiger partial charge is 0.545 e. The number of carbonyl (C=O) groups excluding carboxylic acids is 2. The SMILES string of the molecule is NCCCC(=O)O.O=C([O-])c1ccccc1O.O=C([O-])c1ccccc1O.[Ca+2]. The van der Waals surface area contributed by atoms with Crippen molar-refractivity contribution in [3.8, 4) is 11.5 Å². The molecule has 0 aromatic heterocycles. The van der Waals surface area contributed by atoms with Gasteiger partial charge in [-0.3, -0.25) is 4.79 Å². The first-order valence-corrected chi connectivity index (χ1v) is 7.61. The maximum atomic E-state index is 10.2. The number of para-hydroxylation sites is 2. The van der Waals surface area contributed by atoms with E-state index in [1.54, 1.807) is 12.1 Å². The summed E-state index contributed by atoms with van der Waals surface area (Å²) in [5, 5.41) is 46.0. The normalized spacial score (nSPS) is 8.75. The zero-order valence-electron chi connectivity index (χ0n) is 14.9. The Morgan fingerprint density at radius 3 is 1.36 bits per heavy atom. The summed E-state index contributed by atoms with van der Waals surface area (Å²) in [6.07, 6.45) is 0.770. The summed E-state index contributed by atoms with van der Waals surface area (Å²) in [6.45, 7) is 0.465. The predicted octanol–water partition coefficient (Wildman–Crippen LogP) is -1.06. The molecule has 0 aliphatic rings. The number of rotatable bonds is 5. The van der Waals surface area contributed by atoms with Gasteiger partial charge >= 0.3 is 43.7 Å². The van der Waals surface area contributed by atoms with Crippen LogP contribution in [-0.4, -0.2) is 77.5 Å². The van der Waals surface area contributed by atoms with Crippen LogP contribution in [0.25, 0.3) is 0 Å². The van der Waals surface area contributed by atoms with Crippen LogP contribution in [0.2, 0.25) is 0 Å². The quantitative estimate of drug-likeness (QED) is 0.440. The van der Waals surface area contributed by atoms with Crippen molar-refractivity contribution in [1.82, 2.24) is 0 Å². The van der Waals surface area contributed by atoms with Crippen LogP contribution in [0.15, 0.2) is 48.5 Å². The molecule has 10 heteroatoms. The van der Waals surface area contributed by atoms with Gasteiger partial charge in [-0.05, 0) is 37.2 Å². The Morgan fingerprint density at radius 1 is 0.821 bits per heavy atom. The molecular weight excluding hydrogens is 398 g/mol. The van der Waals surface area contributed by atoms with Crippen molar-refractivity contribution in [2.45, 2.75) is 12.8 Å². The van der Waals surface area contributed by atoms with Gasteiger partial charge in [0.25, 0.3) is 0 Å². The minimum Gasteiger partial charge on any atom is -0.545 e. The molecule has 146 valence electrons. The number of hydrogen-bond acceptors (Lipinski definition) is 8. The van der Waals surface area contributed by atoms with Crippen LogP contribution in [-0.2, 0) is 4.79 Å². The van der Waals surface area contributed by atoms with Crippen LogP contribution >= 0.6 is 0 Å². The summed E-state index contributed by atoms with van der Waals surface area (Å²) in [5.41, 5.74) is 4.66. The molecule has 0 heterocycles. The number of aromatic hydroxyl groups is 2. The van der Waals surface area contributed by atoms with E-state index in [-0.39, 0.29) is 66.8 Å². The molecule has 0 fully saturated rings. The average molecular weight is 417 g/mol. The minimum atomic E-state index is -1.36. The van der Waals surface area contributed by atoms with Crippen LogP contribution in [0.4, 0.5) is 0 Å². The van der Waals surface area contributed by atoms with Gasteiger partial charge in [0.2, 0.25) is 0 Å². The second-order valence-corrected chi connectivity index (χ2v) is 4.90. The fourth-order valence-electron chi connectivity index (χ4n) is 1.55. The second-order valence-electron chi connectivity index (χ2n) is 4.90. The number of phenols is 2. The molecule has 0 radical (unpaired) electrons.